The number of piperidine rings is 1. The average Bonchev–Trinajstić information content (AvgIpc) is 3.02. The number of nitrogens with zero attached hydrogens (tertiary/aromatic N) is 4. The Kier molecular flexibility index (Phi) is 4.90. The summed E-state index contributed by atoms with van der Waals surface area (Å²) in [6.45, 7) is 1.40. The fourth-order valence-corrected chi connectivity index (χ4v) is 5.79. The zero-order valence-electron chi connectivity index (χ0n) is 17.0. The van der Waals surface area contributed by atoms with E-state index in [0.717, 1.165) is 62.9 Å². The van der Waals surface area contributed by atoms with Gasteiger partial charge in [-0.3, -0.25) is 4.79 Å². The number of benzene rings is 1. The van der Waals surface area contributed by atoms with Crippen molar-refractivity contribution in [3.63, 3.8) is 0 Å². The maximum Gasteiger partial charge on any atom is 0.292 e. The SMILES string of the molecule is O=C(c1nnc2n1CCCCC2)N1CC[C@@](O)(c2ccccc2)[C@H]2CCCC[C@H]21. The average molecular weight is 395 g/mol. The van der Waals surface area contributed by atoms with Gasteiger partial charge >= 0.3 is 0 Å². The number of rotatable bonds is 2. The highest BCUT2D eigenvalue weighted by molar-refractivity contribution is 5.91. The fraction of sp³-hybridized carbons (Fsp3) is 0.609. The second-order valence-electron chi connectivity index (χ2n) is 8.90. The van der Waals surface area contributed by atoms with Gasteiger partial charge in [0.25, 0.3) is 5.91 Å². The molecule has 6 heteroatoms. The molecule has 154 valence electrons. The number of amides is 1. The van der Waals surface area contributed by atoms with Gasteiger partial charge in [0.1, 0.15) is 5.82 Å². The Hall–Kier alpha value is -2.21. The van der Waals surface area contributed by atoms with Gasteiger partial charge in [0.2, 0.25) is 5.82 Å². The van der Waals surface area contributed by atoms with Gasteiger partial charge in [-0.25, -0.2) is 0 Å². The zero-order chi connectivity index (χ0) is 19.8. The molecule has 3 atom stereocenters. The summed E-state index contributed by atoms with van der Waals surface area (Å²) in [4.78, 5) is 15.6. The van der Waals surface area contributed by atoms with Crippen molar-refractivity contribution in [2.45, 2.75) is 76.0 Å². The van der Waals surface area contributed by atoms with Gasteiger partial charge in [0.15, 0.2) is 0 Å². The maximum atomic E-state index is 13.6. The number of hydrogen-bond acceptors (Lipinski definition) is 4. The van der Waals surface area contributed by atoms with Crippen molar-refractivity contribution in [1.29, 1.82) is 0 Å². The molecule has 29 heavy (non-hydrogen) atoms. The molecule has 1 amide bonds. The summed E-state index contributed by atoms with van der Waals surface area (Å²) < 4.78 is 2.05. The molecular weight excluding hydrogens is 364 g/mol. The molecule has 0 radical (unpaired) electrons. The van der Waals surface area contributed by atoms with Crippen molar-refractivity contribution in [3.8, 4) is 0 Å². The van der Waals surface area contributed by atoms with Gasteiger partial charge < -0.3 is 14.6 Å². The lowest BCUT2D eigenvalue weighted by Crippen LogP contribution is -2.59. The highest BCUT2D eigenvalue weighted by Crippen LogP contribution is 2.47. The van der Waals surface area contributed by atoms with Crippen LogP contribution in [-0.4, -0.2) is 43.3 Å². The summed E-state index contributed by atoms with van der Waals surface area (Å²) in [5.41, 5.74) is 0.130. The van der Waals surface area contributed by atoms with E-state index in [-0.39, 0.29) is 17.9 Å². The van der Waals surface area contributed by atoms with Crippen LogP contribution in [0, 0.1) is 5.92 Å². The van der Waals surface area contributed by atoms with Crippen LogP contribution in [0.5, 0.6) is 0 Å². The molecular formula is C23H30N4O2. The summed E-state index contributed by atoms with van der Waals surface area (Å²) in [5, 5.41) is 20.4. The first-order chi connectivity index (χ1) is 14.2. The highest BCUT2D eigenvalue weighted by atomic mass is 16.3. The third-order valence-electron chi connectivity index (χ3n) is 7.31. The number of hydrogen-bond donors (Lipinski definition) is 1. The molecule has 2 aliphatic heterocycles. The van der Waals surface area contributed by atoms with Gasteiger partial charge in [-0.05, 0) is 37.7 Å². The van der Waals surface area contributed by atoms with Crippen molar-refractivity contribution in [2.75, 3.05) is 6.54 Å². The van der Waals surface area contributed by atoms with Crippen molar-refractivity contribution in [1.82, 2.24) is 19.7 Å². The van der Waals surface area contributed by atoms with E-state index in [9.17, 15) is 9.90 Å². The van der Waals surface area contributed by atoms with Crippen LogP contribution in [0.2, 0.25) is 0 Å². The third-order valence-corrected chi connectivity index (χ3v) is 7.31. The second-order valence-corrected chi connectivity index (χ2v) is 8.90. The Labute approximate surface area is 171 Å². The number of aliphatic hydroxyl groups is 1. The van der Waals surface area contributed by atoms with Crippen molar-refractivity contribution < 1.29 is 9.90 Å². The van der Waals surface area contributed by atoms with Gasteiger partial charge in [-0.1, -0.05) is 49.6 Å². The molecule has 3 aliphatic rings. The standard InChI is InChI=1S/C23H30N4O2/c28-22(21-25-24-20-13-5-2-8-15-27(20)21)26-16-14-23(29,17-9-3-1-4-10-17)18-11-6-7-12-19(18)26/h1,3-4,9-10,18-19,29H,2,5-8,11-16H2/t18-,19+,23+/m0/s1. The molecule has 1 aromatic heterocycles. The predicted molar refractivity (Wildman–Crippen MR) is 109 cm³/mol. The largest absolute Gasteiger partial charge is 0.385 e. The molecule has 1 saturated carbocycles. The van der Waals surface area contributed by atoms with E-state index in [0.29, 0.717) is 18.8 Å². The van der Waals surface area contributed by atoms with Crippen LogP contribution < -0.4 is 0 Å². The summed E-state index contributed by atoms with van der Waals surface area (Å²) in [5.74, 6) is 1.51. The summed E-state index contributed by atoms with van der Waals surface area (Å²) >= 11 is 0. The van der Waals surface area contributed by atoms with E-state index in [1.54, 1.807) is 0 Å². The van der Waals surface area contributed by atoms with E-state index in [4.69, 9.17) is 0 Å². The van der Waals surface area contributed by atoms with Crippen LogP contribution in [0.25, 0.3) is 0 Å². The second kappa shape index (κ2) is 7.56. The molecule has 0 bridgehead atoms. The van der Waals surface area contributed by atoms with E-state index in [1.807, 2.05) is 39.8 Å². The number of aryl methyl sites for hydroxylation is 1. The molecule has 3 heterocycles. The molecule has 1 aromatic carbocycles. The Morgan fingerprint density at radius 3 is 2.69 bits per heavy atom. The minimum Gasteiger partial charge on any atom is -0.385 e. The summed E-state index contributed by atoms with van der Waals surface area (Å²) in [7, 11) is 0. The van der Waals surface area contributed by atoms with Crippen molar-refractivity contribution in [3.05, 3.63) is 47.5 Å². The van der Waals surface area contributed by atoms with Crippen LogP contribution in [-0.2, 0) is 18.6 Å². The van der Waals surface area contributed by atoms with Gasteiger partial charge in [-0.2, -0.15) is 0 Å². The minimum absolute atomic E-state index is 0.00217. The predicted octanol–water partition coefficient (Wildman–Crippen LogP) is 3.30. The first-order valence-electron chi connectivity index (χ1n) is 11.2. The van der Waals surface area contributed by atoms with Crippen molar-refractivity contribution in [2.24, 2.45) is 5.92 Å². The highest BCUT2D eigenvalue weighted by Gasteiger charge is 2.50. The fourth-order valence-electron chi connectivity index (χ4n) is 5.79. The molecule has 1 saturated heterocycles. The molecule has 0 spiro atoms. The summed E-state index contributed by atoms with van der Waals surface area (Å²) in [6, 6.07) is 10.1. The molecule has 2 fully saturated rings. The maximum absolute atomic E-state index is 13.6. The Balaban J connectivity index is 1.45. The number of carbonyl (C=O) groups is 1. The van der Waals surface area contributed by atoms with E-state index in [1.165, 1.54) is 6.42 Å². The van der Waals surface area contributed by atoms with Crippen LogP contribution >= 0.6 is 0 Å². The number of fused-ring (bicyclic) bond motifs is 2. The van der Waals surface area contributed by atoms with Crippen LogP contribution in [0.1, 0.15) is 73.4 Å². The smallest absolute Gasteiger partial charge is 0.292 e. The Morgan fingerprint density at radius 2 is 1.83 bits per heavy atom. The number of aromatic nitrogens is 3. The molecule has 5 rings (SSSR count). The number of carbonyl (C=O) groups excluding carboxylic acids is 1. The van der Waals surface area contributed by atoms with Gasteiger partial charge in [0, 0.05) is 31.5 Å². The van der Waals surface area contributed by atoms with E-state index >= 15 is 0 Å². The summed E-state index contributed by atoms with van der Waals surface area (Å²) in [6.07, 6.45) is 8.97. The van der Waals surface area contributed by atoms with Crippen molar-refractivity contribution >= 4 is 5.91 Å². The third kappa shape index (κ3) is 3.18. The lowest BCUT2D eigenvalue weighted by Gasteiger charge is -2.52. The first kappa shape index (κ1) is 18.8. The molecule has 2 aromatic rings. The first-order valence-corrected chi connectivity index (χ1v) is 11.2. The zero-order valence-corrected chi connectivity index (χ0v) is 17.0. The van der Waals surface area contributed by atoms with Crippen LogP contribution in [0.15, 0.2) is 30.3 Å². The normalized spacial score (nSPS) is 29.6. The Bertz CT molecular complexity index is 880. The molecule has 1 aliphatic carbocycles. The minimum atomic E-state index is -0.856. The molecule has 1 N–H and O–H groups in total. The van der Waals surface area contributed by atoms with Crippen LogP contribution in [0.3, 0.4) is 0 Å². The quantitative estimate of drug-likeness (QED) is 0.848. The van der Waals surface area contributed by atoms with E-state index in [2.05, 4.69) is 10.2 Å². The van der Waals surface area contributed by atoms with Gasteiger partial charge in [-0.15, -0.1) is 10.2 Å². The number of likely N-dealkylation sites (tertiary alicyclic amines) is 1. The molecule has 6 nitrogen and oxygen atoms in total. The monoisotopic (exact) mass is 394 g/mol. The topological polar surface area (TPSA) is 71.2 Å². The molecule has 0 unspecified atom stereocenters. The Morgan fingerprint density at radius 1 is 1.00 bits per heavy atom. The van der Waals surface area contributed by atoms with E-state index < -0.39 is 5.60 Å². The van der Waals surface area contributed by atoms with Crippen LogP contribution in [0.4, 0.5) is 0 Å². The van der Waals surface area contributed by atoms with Gasteiger partial charge in [0.05, 0.1) is 5.60 Å². The lowest BCUT2D eigenvalue weighted by atomic mass is 9.66. The lowest BCUT2D eigenvalue weighted by molar-refractivity contribution is -0.110.